The van der Waals surface area contributed by atoms with Gasteiger partial charge in [-0.3, -0.25) is 4.98 Å². The van der Waals surface area contributed by atoms with Gasteiger partial charge in [-0.1, -0.05) is 38.1 Å². The molecule has 0 saturated heterocycles. The zero-order chi connectivity index (χ0) is 13.1. The predicted octanol–water partition coefficient (Wildman–Crippen LogP) is 4.05. The first kappa shape index (κ1) is 13.2. The lowest BCUT2D eigenvalue weighted by Gasteiger charge is -2.13. The summed E-state index contributed by atoms with van der Waals surface area (Å²) in [6.45, 7) is 4.31. The summed E-state index contributed by atoms with van der Waals surface area (Å²) in [7, 11) is 0. The van der Waals surface area contributed by atoms with Gasteiger partial charge in [0.05, 0.1) is 0 Å². The van der Waals surface area contributed by atoms with Crippen LogP contribution >= 0.6 is 15.9 Å². The highest BCUT2D eigenvalue weighted by molar-refractivity contribution is 9.10. The van der Waals surface area contributed by atoms with Crippen LogP contribution in [0.4, 0.5) is 0 Å². The number of hydrogen-bond acceptors (Lipinski definition) is 2. The van der Waals surface area contributed by atoms with Crippen molar-refractivity contribution in [2.75, 3.05) is 0 Å². The first-order valence-corrected chi connectivity index (χ1v) is 6.75. The van der Waals surface area contributed by atoms with Crippen molar-refractivity contribution in [3.8, 4) is 0 Å². The van der Waals surface area contributed by atoms with Crippen LogP contribution < -0.4 is 0 Å². The molecule has 2 nitrogen and oxygen atoms in total. The van der Waals surface area contributed by atoms with Crippen LogP contribution in [0.3, 0.4) is 0 Å². The first-order valence-electron chi connectivity index (χ1n) is 5.96. The molecular weight excluding hydrogens is 290 g/mol. The Labute approximate surface area is 116 Å². The summed E-state index contributed by atoms with van der Waals surface area (Å²) < 4.78 is 0.873. The van der Waals surface area contributed by atoms with Crippen LogP contribution in [-0.4, -0.2) is 10.1 Å². The van der Waals surface area contributed by atoms with Gasteiger partial charge < -0.3 is 5.11 Å². The van der Waals surface area contributed by atoms with Gasteiger partial charge in [0.2, 0.25) is 0 Å². The molecule has 0 aliphatic rings. The average molecular weight is 306 g/mol. The lowest BCUT2D eigenvalue weighted by atomic mass is 9.98. The average Bonchev–Trinajstić information content (AvgIpc) is 2.38. The van der Waals surface area contributed by atoms with Gasteiger partial charge in [-0.25, -0.2) is 0 Å². The molecule has 1 N–H and O–H groups in total. The zero-order valence-electron chi connectivity index (χ0n) is 10.5. The van der Waals surface area contributed by atoms with E-state index in [1.165, 1.54) is 5.56 Å². The van der Waals surface area contributed by atoms with E-state index >= 15 is 0 Å². The summed E-state index contributed by atoms with van der Waals surface area (Å²) in [5, 5.41) is 10.3. The minimum absolute atomic E-state index is 0.503. The standard InChI is InChI=1S/C15H16BrNO/c1-10(2)11-3-5-12(6-4-11)15(18)13-7-14(16)9-17-8-13/h3-10,15,18H,1-2H3. The van der Waals surface area contributed by atoms with Crippen LogP contribution in [-0.2, 0) is 0 Å². The Hall–Kier alpha value is -1.19. The van der Waals surface area contributed by atoms with Gasteiger partial charge in [-0.2, -0.15) is 0 Å². The third-order valence-electron chi connectivity index (χ3n) is 2.96. The van der Waals surface area contributed by atoms with Crippen LogP contribution in [0.25, 0.3) is 0 Å². The minimum atomic E-state index is -0.629. The molecule has 2 rings (SSSR count). The van der Waals surface area contributed by atoms with Crippen molar-refractivity contribution >= 4 is 15.9 Å². The van der Waals surface area contributed by atoms with E-state index in [1.54, 1.807) is 12.4 Å². The monoisotopic (exact) mass is 305 g/mol. The molecule has 94 valence electrons. The third-order valence-corrected chi connectivity index (χ3v) is 3.39. The largest absolute Gasteiger partial charge is 0.384 e. The molecule has 0 aliphatic carbocycles. The molecule has 1 unspecified atom stereocenters. The second-order valence-electron chi connectivity index (χ2n) is 4.66. The molecule has 18 heavy (non-hydrogen) atoms. The molecule has 0 saturated carbocycles. The van der Waals surface area contributed by atoms with E-state index in [2.05, 4.69) is 46.9 Å². The summed E-state index contributed by atoms with van der Waals surface area (Å²) in [6.07, 6.45) is 2.76. The molecule has 2 aromatic rings. The predicted molar refractivity (Wildman–Crippen MR) is 76.5 cm³/mol. The van der Waals surface area contributed by atoms with E-state index in [4.69, 9.17) is 0 Å². The SMILES string of the molecule is CC(C)c1ccc(C(O)c2cncc(Br)c2)cc1. The number of aliphatic hydroxyl groups excluding tert-OH is 1. The van der Waals surface area contributed by atoms with Gasteiger partial charge in [-0.15, -0.1) is 0 Å². The Bertz CT molecular complexity index is 522. The van der Waals surface area contributed by atoms with Crippen LogP contribution in [0.2, 0.25) is 0 Å². The van der Waals surface area contributed by atoms with E-state index < -0.39 is 6.10 Å². The van der Waals surface area contributed by atoms with Crippen molar-refractivity contribution in [2.45, 2.75) is 25.9 Å². The Morgan fingerprint density at radius 1 is 1.00 bits per heavy atom. The molecule has 0 radical (unpaired) electrons. The molecule has 1 aromatic carbocycles. The number of halogens is 1. The van der Waals surface area contributed by atoms with Crippen molar-refractivity contribution in [3.05, 3.63) is 63.9 Å². The highest BCUT2D eigenvalue weighted by Gasteiger charge is 2.11. The van der Waals surface area contributed by atoms with E-state index in [-0.39, 0.29) is 0 Å². The van der Waals surface area contributed by atoms with Gasteiger partial charge in [0.25, 0.3) is 0 Å². The van der Waals surface area contributed by atoms with E-state index in [0.717, 1.165) is 15.6 Å². The van der Waals surface area contributed by atoms with Crippen molar-refractivity contribution in [1.82, 2.24) is 4.98 Å². The first-order chi connectivity index (χ1) is 8.58. The normalized spacial score (nSPS) is 12.7. The number of rotatable bonds is 3. The van der Waals surface area contributed by atoms with Crippen LogP contribution in [0.1, 0.15) is 42.6 Å². The van der Waals surface area contributed by atoms with Gasteiger partial charge in [-0.05, 0) is 39.0 Å². The molecule has 0 fully saturated rings. The number of pyridine rings is 1. The number of hydrogen-bond donors (Lipinski definition) is 1. The maximum atomic E-state index is 10.3. The van der Waals surface area contributed by atoms with E-state index in [9.17, 15) is 5.11 Å². The van der Waals surface area contributed by atoms with Gasteiger partial charge in [0, 0.05) is 22.4 Å². The van der Waals surface area contributed by atoms with E-state index in [0.29, 0.717) is 5.92 Å². The Balaban J connectivity index is 2.26. The molecule has 1 heterocycles. The topological polar surface area (TPSA) is 33.1 Å². The van der Waals surface area contributed by atoms with Crippen LogP contribution in [0.15, 0.2) is 47.2 Å². The highest BCUT2D eigenvalue weighted by Crippen LogP contribution is 2.25. The Kier molecular flexibility index (Phi) is 4.15. The highest BCUT2D eigenvalue weighted by atomic mass is 79.9. The molecular formula is C15H16BrNO. The molecule has 0 bridgehead atoms. The van der Waals surface area contributed by atoms with Crippen LogP contribution in [0, 0.1) is 0 Å². The second-order valence-corrected chi connectivity index (χ2v) is 5.58. The number of nitrogens with zero attached hydrogens (tertiary/aromatic N) is 1. The molecule has 1 atom stereocenters. The summed E-state index contributed by atoms with van der Waals surface area (Å²) >= 11 is 3.36. The zero-order valence-corrected chi connectivity index (χ0v) is 12.1. The third kappa shape index (κ3) is 2.98. The maximum absolute atomic E-state index is 10.3. The lowest BCUT2D eigenvalue weighted by Crippen LogP contribution is -2.00. The summed E-state index contributed by atoms with van der Waals surface area (Å²) in [5.74, 6) is 0.503. The molecule has 3 heteroatoms. The smallest absolute Gasteiger partial charge is 0.106 e. The van der Waals surface area contributed by atoms with Gasteiger partial charge in [0.1, 0.15) is 6.10 Å². The summed E-state index contributed by atoms with van der Waals surface area (Å²) in [4.78, 5) is 4.07. The number of benzene rings is 1. The quantitative estimate of drug-likeness (QED) is 0.928. The van der Waals surface area contributed by atoms with Crippen molar-refractivity contribution in [1.29, 1.82) is 0 Å². The molecule has 0 aliphatic heterocycles. The molecule has 0 amide bonds. The van der Waals surface area contributed by atoms with Crippen molar-refractivity contribution in [3.63, 3.8) is 0 Å². The molecule has 1 aromatic heterocycles. The fraction of sp³-hybridized carbons (Fsp3) is 0.267. The Morgan fingerprint density at radius 3 is 2.17 bits per heavy atom. The van der Waals surface area contributed by atoms with Crippen molar-refractivity contribution in [2.24, 2.45) is 0 Å². The van der Waals surface area contributed by atoms with Crippen molar-refractivity contribution < 1.29 is 5.11 Å². The van der Waals surface area contributed by atoms with Crippen LogP contribution in [0.5, 0.6) is 0 Å². The number of aliphatic hydroxyl groups is 1. The van der Waals surface area contributed by atoms with E-state index in [1.807, 2.05) is 18.2 Å². The fourth-order valence-corrected chi connectivity index (χ4v) is 2.22. The van der Waals surface area contributed by atoms with Gasteiger partial charge >= 0.3 is 0 Å². The maximum Gasteiger partial charge on any atom is 0.106 e. The van der Waals surface area contributed by atoms with Gasteiger partial charge in [0.15, 0.2) is 0 Å². The lowest BCUT2D eigenvalue weighted by molar-refractivity contribution is 0.220. The Morgan fingerprint density at radius 2 is 1.61 bits per heavy atom. The fourth-order valence-electron chi connectivity index (χ4n) is 1.83. The number of aromatic nitrogens is 1. The summed E-state index contributed by atoms with van der Waals surface area (Å²) in [6, 6.07) is 9.96. The molecule has 0 spiro atoms. The second kappa shape index (κ2) is 5.63. The summed E-state index contributed by atoms with van der Waals surface area (Å²) in [5.41, 5.74) is 2.96. The minimum Gasteiger partial charge on any atom is -0.384 e.